The fourth-order valence-corrected chi connectivity index (χ4v) is 4.06. The van der Waals surface area contributed by atoms with Crippen molar-refractivity contribution in [3.63, 3.8) is 0 Å². The summed E-state index contributed by atoms with van der Waals surface area (Å²) in [6, 6.07) is 7.56. The van der Waals surface area contributed by atoms with Crippen LogP contribution >= 0.6 is 0 Å². The average Bonchev–Trinajstić information content (AvgIpc) is 3.14. The van der Waals surface area contributed by atoms with Gasteiger partial charge in [-0.2, -0.15) is 0 Å². The lowest BCUT2D eigenvalue weighted by atomic mass is 10.2. The molecule has 9 heteroatoms. The number of nitrogens with zero attached hydrogens (tertiary/aromatic N) is 5. The number of anilines is 1. The third kappa shape index (κ3) is 3.45. The Hall–Kier alpha value is -2.29. The third-order valence-electron chi connectivity index (χ3n) is 3.92. The molecule has 1 aliphatic heterocycles. The molecule has 1 amide bonds. The van der Waals surface area contributed by atoms with Gasteiger partial charge in [-0.3, -0.25) is 4.79 Å². The van der Waals surface area contributed by atoms with Gasteiger partial charge in [-0.1, -0.05) is 25.1 Å². The highest BCUT2D eigenvalue weighted by atomic mass is 32.2. The first-order valence-electron chi connectivity index (χ1n) is 7.84. The topological polar surface area (TPSA) is 98.0 Å². The Labute approximate surface area is 140 Å². The molecule has 1 aliphatic rings. The van der Waals surface area contributed by atoms with Gasteiger partial charge in [0.05, 0.1) is 0 Å². The van der Waals surface area contributed by atoms with Gasteiger partial charge in [0.1, 0.15) is 11.5 Å². The van der Waals surface area contributed by atoms with Crippen molar-refractivity contribution in [2.75, 3.05) is 17.2 Å². The number of benzene rings is 1. The van der Waals surface area contributed by atoms with Crippen molar-refractivity contribution < 1.29 is 13.2 Å². The molecule has 8 nitrogen and oxygen atoms in total. The number of carbonyl (C=O) groups excluding carboxylic acids is 1. The van der Waals surface area contributed by atoms with Crippen LogP contribution in [0.3, 0.4) is 0 Å². The van der Waals surface area contributed by atoms with E-state index in [9.17, 15) is 13.2 Å². The van der Waals surface area contributed by atoms with E-state index in [-0.39, 0.29) is 11.6 Å². The van der Waals surface area contributed by atoms with Crippen molar-refractivity contribution in [2.45, 2.75) is 32.1 Å². The Morgan fingerprint density at radius 2 is 2.08 bits per heavy atom. The van der Waals surface area contributed by atoms with Gasteiger partial charge in [0.2, 0.25) is 5.91 Å². The largest absolute Gasteiger partial charge is 0.311 e. The molecule has 24 heavy (non-hydrogen) atoms. The van der Waals surface area contributed by atoms with Crippen molar-refractivity contribution in [3.05, 3.63) is 35.7 Å². The molecule has 0 fully saturated rings. The molecule has 2 heterocycles. The van der Waals surface area contributed by atoms with Gasteiger partial charge in [-0.15, -0.1) is 5.10 Å². The van der Waals surface area contributed by atoms with Crippen LogP contribution in [-0.4, -0.2) is 46.8 Å². The Bertz CT molecular complexity index is 846. The Morgan fingerprint density at radius 1 is 1.29 bits per heavy atom. The van der Waals surface area contributed by atoms with Crippen LogP contribution in [0, 0.1) is 0 Å². The maximum absolute atomic E-state index is 12.5. The molecule has 3 rings (SSSR count). The number of carbonyl (C=O) groups is 1. The van der Waals surface area contributed by atoms with E-state index in [1.165, 1.54) is 4.68 Å². The maximum atomic E-state index is 12.5. The van der Waals surface area contributed by atoms with Crippen molar-refractivity contribution in [1.82, 2.24) is 20.2 Å². The molecule has 0 saturated carbocycles. The van der Waals surface area contributed by atoms with Crippen molar-refractivity contribution in [3.8, 4) is 0 Å². The van der Waals surface area contributed by atoms with Crippen LogP contribution in [0.4, 0.5) is 5.69 Å². The molecule has 0 atom stereocenters. The van der Waals surface area contributed by atoms with Crippen LogP contribution < -0.4 is 4.90 Å². The summed E-state index contributed by atoms with van der Waals surface area (Å²) in [4.78, 5) is 14.0. The predicted octanol–water partition coefficient (Wildman–Crippen LogP) is 0.587. The molecule has 0 unspecified atom stereocenters. The van der Waals surface area contributed by atoms with E-state index in [0.717, 1.165) is 24.1 Å². The number of rotatable bonds is 6. The minimum absolute atomic E-state index is 0.270. The lowest BCUT2D eigenvalue weighted by Crippen LogP contribution is -2.35. The summed E-state index contributed by atoms with van der Waals surface area (Å²) in [5.74, 6) is -1.01. The van der Waals surface area contributed by atoms with E-state index in [2.05, 4.69) is 15.5 Å². The van der Waals surface area contributed by atoms with Gasteiger partial charge in [-0.05, 0) is 34.9 Å². The molecular formula is C15H19N5O3S. The average molecular weight is 349 g/mol. The Kier molecular flexibility index (Phi) is 4.61. The van der Waals surface area contributed by atoms with Gasteiger partial charge in [-0.25, -0.2) is 13.1 Å². The summed E-state index contributed by atoms with van der Waals surface area (Å²) in [6.45, 7) is 3.01. The normalized spacial score (nSPS) is 14.0. The number of sulfone groups is 1. The van der Waals surface area contributed by atoms with E-state index >= 15 is 0 Å². The molecular weight excluding hydrogens is 330 g/mol. The smallest absolute Gasteiger partial charge is 0.242 e. The quantitative estimate of drug-likeness (QED) is 0.757. The molecule has 0 bridgehead atoms. The minimum atomic E-state index is -3.64. The van der Waals surface area contributed by atoms with Crippen LogP contribution in [-0.2, 0) is 33.4 Å². The zero-order valence-corrected chi connectivity index (χ0v) is 14.2. The third-order valence-corrected chi connectivity index (χ3v) is 5.31. The first kappa shape index (κ1) is 16.6. The summed E-state index contributed by atoms with van der Waals surface area (Å²) in [6.07, 6.45) is 1.54. The second-order valence-electron chi connectivity index (χ2n) is 5.77. The van der Waals surface area contributed by atoms with Crippen molar-refractivity contribution in [1.29, 1.82) is 0 Å². The van der Waals surface area contributed by atoms with Gasteiger partial charge in [0.15, 0.2) is 15.7 Å². The first-order valence-corrected chi connectivity index (χ1v) is 9.66. The number of aromatic nitrogens is 4. The second-order valence-corrected chi connectivity index (χ2v) is 7.84. The SMILES string of the molecule is CCCn1nnnc1CS(=O)(=O)CC(=O)N1CCc2ccccc21. The van der Waals surface area contributed by atoms with E-state index in [1.54, 1.807) is 4.90 Å². The number of fused-ring (bicyclic) bond motifs is 1. The first-order chi connectivity index (χ1) is 11.5. The van der Waals surface area contributed by atoms with Gasteiger partial charge >= 0.3 is 0 Å². The van der Waals surface area contributed by atoms with Crippen molar-refractivity contribution in [2.24, 2.45) is 0 Å². The summed E-state index contributed by atoms with van der Waals surface area (Å²) in [5.41, 5.74) is 1.86. The van der Waals surface area contributed by atoms with Crippen LogP contribution in [0.1, 0.15) is 24.7 Å². The fraction of sp³-hybridized carbons (Fsp3) is 0.467. The van der Waals surface area contributed by atoms with Crippen molar-refractivity contribution >= 4 is 21.4 Å². The van der Waals surface area contributed by atoms with Gasteiger partial charge < -0.3 is 4.90 Å². The van der Waals surface area contributed by atoms with Crippen LogP contribution in [0.15, 0.2) is 24.3 Å². The fourth-order valence-electron chi connectivity index (χ4n) is 2.82. The number of hydrogen-bond donors (Lipinski definition) is 0. The molecule has 0 radical (unpaired) electrons. The lowest BCUT2D eigenvalue weighted by Gasteiger charge is -2.17. The number of hydrogen-bond acceptors (Lipinski definition) is 6. The molecule has 0 saturated heterocycles. The van der Waals surface area contributed by atoms with Crippen LogP contribution in [0.25, 0.3) is 0 Å². The summed E-state index contributed by atoms with van der Waals surface area (Å²) >= 11 is 0. The summed E-state index contributed by atoms with van der Waals surface area (Å²) in [5, 5.41) is 11.0. The van der Waals surface area contributed by atoms with Crippen LogP contribution in [0.2, 0.25) is 0 Å². The highest BCUT2D eigenvalue weighted by molar-refractivity contribution is 7.91. The highest BCUT2D eigenvalue weighted by Crippen LogP contribution is 2.27. The molecule has 0 N–H and O–H groups in total. The number of amides is 1. The second kappa shape index (κ2) is 6.68. The lowest BCUT2D eigenvalue weighted by molar-refractivity contribution is -0.116. The Balaban J connectivity index is 1.71. The van der Waals surface area contributed by atoms with E-state index in [1.807, 2.05) is 31.2 Å². The van der Waals surface area contributed by atoms with Crippen LogP contribution in [0.5, 0.6) is 0 Å². The van der Waals surface area contributed by atoms with Gasteiger partial charge in [0, 0.05) is 18.8 Å². The molecule has 1 aromatic carbocycles. The highest BCUT2D eigenvalue weighted by Gasteiger charge is 2.29. The monoisotopic (exact) mass is 349 g/mol. The zero-order valence-electron chi connectivity index (χ0n) is 13.4. The van der Waals surface area contributed by atoms with Gasteiger partial charge in [0.25, 0.3) is 0 Å². The number of aryl methyl sites for hydroxylation is 1. The minimum Gasteiger partial charge on any atom is -0.311 e. The number of para-hydroxylation sites is 1. The van der Waals surface area contributed by atoms with E-state index < -0.39 is 21.5 Å². The van der Waals surface area contributed by atoms with E-state index in [0.29, 0.717) is 13.1 Å². The van der Waals surface area contributed by atoms with E-state index in [4.69, 9.17) is 0 Å². The predicted molar refractivity (Wildman–Crippen MR) is 88.1 cm³/mol. The molecule has 0 aliphatic carbocycles. The summed E-state index contributed by atoms with van der Waals surface area (Å²) < 4.78 is 26.2. The summed E-state index contributed by atoms with van der Waals surface area (Å²) in [7, 11) is -3.64. The zero-order chi connectivity index (χ0) is 17.2. The standard InChI is InChI=1S/C15H19N5O3S/c1-2-8-20-14(16-17-18-20)10-24(22,23)11-15(21)19-9-7-12-5-3-4-6-13(12)19/h3-6H,2,7-11H2,1H3. The maximum Gasteiger partial charge on any atom is 0.242 e. The molecule has 2 aromatic rings. The molecule has 1 aromatic heterocycles. The number of tetrazole rings is 1. The molecule has 128 valence electrons. The Morgan fingerprint density at radius 3 is 2.88 bits per heavy atom. The molecule has 0 spiro atoms.